The van der Waals surface area contributed by atoms with Crippen LogP contribution in [0.3, 0.4) is 0 Å². The molecule has 4 nitrogen and oxygen atoms in total. The van der Waals surface area contributed by atoms with Crippen LogP contribution in [0.15, 0.2) is 61.3 Å². The van der Waals surface area contributed by atoms with Gasteiger partial charge in [-0.05, 0) is 18.2 Å². The van der Waals surface area contributed by atoms with Gasteiger partial charge >= 0.3 is 0 Å². The molecule has 3 aromatic rings. The number of rotatable bonds is 3. The molecule has 0 aliphatic carbocycles. The van der Waals surface area contributed by atoms with Crippen molar-refractivity contribution in [2.45, 2.75) is 0 Å². The molecule has 0 saturated heterocycles. The first-order chi connectivity index (χ1) is 9.38. The molecule has 4 heteroatoms. The Morgan fingerprint density at radius 1 is 1.00 bits per heavy atom. The molecule has 0 aliphatic rings. The van der Waals surface area contributed by atoms with E-state index < -0.39 is 0 Å². The van der Waals surface area contributed by atoms with Gasteiger partial charge in [-0.15, -0.1) is 5.10 Å². The second-order valence-corrected chi connectivity index (χ2v) is 3.96. The maximum Gasteiger partial charge on any atom is 0.182 e. The predicted molar refractivity (Wildman–Crippen MR) is 74.7 cm³/mol. The van der Waals surface area contributed by atoms with Crippen molar-refractivity contribution in [1.29, 1.82) is 0 Å². The van der Waals surface area contributed by atoms with Crippen LogP contribution in [0, 0.1) is 0 Å². The minimum absolute atomic E-state index is 0.668. The van der Waals surface area contributed by atoms with Crippen molar-refractivity contribution in [1.82, 2.24) is 19.7 Å². The van der Waals surface area contributed by atoms with Crippen molar-refractivity contribution >= 4 is 6.08 Å². The Labute approximate surface area is 111 Å². The number of hydrogen-bond donors (Lipinski definition) is 0. The minimum atomic E-state index is 0.668. The topological polar surface area (TPSA) is 43.6 Å². The third-order valence-corrected chi connectivity index (χ3v) is 2.71. The first-order valence-electron chi connectivity index (χ1n) is 5.95. The van der Waals surface area contributed by atoms with Crippen molar-refractivity contribution in [2.75, 3.05) is 0 Å². The molecule has 1 aromatic carbocycles. The summed E-state index contributed by atoms with van der Waals surface area (Å²) in [6.45, 7) is 3.77. The largest absolute Gasteiger partial charge is 0.237 e. The van der Waals surface area contributed by atoms with Gasteiger partial charge in [-0.1, -0.05) is 43.0 Å². The van der Waals surface area contributed by atoms with Gasteiger partial charge in [0.25, 0.3) is 0 Å². The maximum atomic E-state index is 4.49. The maximum absolute atomic E-state index is 4.49. The Morgan fingerprint density at radius 2 is 1.79 bits per heavy atom. The van der Waals surface area contributed by atoms with E-state index in [1.54, 1.807) is 17.0 Å². The monoisotopic (exact) mass is 248 g/mol. The SMILES string of the molecule is C=Cc1nc(-c2ccccc2)nn1-c1ccccn1. The van der Waals surface area contributed by atoms with Gasteiger partial charge in [0, 0.05) is 11.8 Å². The summed E-state index contributed by atoms with van der Waals surface area (Å²) in [5.74, 6) is 2.07. The summed E-state index contributed by atoms with van der Waals surface area (Å²) >= 11 is 0. The predicted octanol–water partition coefficient (Wildman–Crippen LogP) is 2.97. The highest BCUT2D eigenvalue weighted by atomic mass is 15.4. The van der Waals surface area contributed by atoms with Crippen LogP contribution in [0.25, 0.3) is 23.3 Å². The first kappa shape index (κ1) is 11.3. The van der Waals surface area contributed by atoms with Gasteiger partial charge in [0.2, 0.25) is 0 Å². The van der Waals surface area contributed by atoms with Crippen molar-refractivity contribution < 1.29 is 0 Å². The zero-order chi connectivity index (χ0) is 13.1. The van der Waals surface area contributed by atoms with Gasteiger partial charge in [-0.3, -0.25) is 0 Å². The Bertz CT molecular complexity index is 687. The van der Waals surface area contributed by atoms with Gasteiger partial charge in [0.05, 0.1) is 0 Å². The smallest absolute Gasteiger partial charge is 0.182 e. The van der Waals surface area contributed by atoms with Crippen LogP contribution in [-0.2, 0) is 0 Å². The van der Waals surface area contributed by atoms with Gasteiger partial charge in [-0.2, -0.15) is 4.68 Å². The van der Waals surface area contributed by atoms with Crippen LogP contribution >= 0.6 is 0 Å². The first-order valence-corrected chi connectivity index (χ1v) is 5.95. The molecule has 0 radical (unpaired) electrons. The van der Waals surface area contributed by atoms with E-state index in [0.29, 0.717) is 11.6 Å². The lowest BCUT2D eigenvalue weighted by molar-refractivity contribution is 0.838. The Kier molecular flexibility index (Phi) is 2.90. The summed E-state index contributed by atoms with van der Waals surface area (Å²) in [6, 6.07) is 15.5. The molecule has 0 amide bonds. The molecular formula is C15H12N4. The van der Waals surface area contributed by atoms with Crippen molar-refractivity contribution in [2.24, 2.45) is 0 Å². The number of benzene rings is 1. The molecule has 0 spiro atoms. The quantitative estimate of drug-likeness (QED) is 0.715. The van der Waals surface area contributed by atoms with E-state index in [4.69, 9.17) is 0 Å². The Balaban J connectivity index is 2.12. The van der Waals surface area contributed by atoms with Crippen LogP contribution < -0.4 is 0 Å². The number of nitrogens with zero attached hydrogens (tertiary/aromatic N) is 4. The minimum Gasteiger partial charge on any atom is -0.237 e. The fourth-order valence-corrected chi connectivity index (χ4v) is 1.81. The van der Waals surface area contributed by atoms with Gasteiger partial charge in [0.15, 0.2) is 17.5 Å². The Morgan fingerprint density at radius 3 is 2.47 bits per heavy atom. The molecule has 0 fully saturated rings. The van der Waals surface area contributed by atoms with E-state index in [2.05, 4.69) is 21.6 Å². The van der Waals surface area contributed by atoms with Crippen molar-refractivity contribution in [3.05, 3.63) is 67.1 Å². The normalized spacial score (nSPS) is 10.3. The lowest BCUT2D eigenvalue weighted by Crippen LogP contribution is -2.01. The molecule has 2 aromatic heterocycles. The second-order valence-electron chi connectivity index (χ2n) is 3.96. The van der Waals surface area contributed by atoms with Crippen LogP contribution in [0.1, 0.15) is 5.82 Å². The molecule has 0 aliphatic heterocycles. The summed E-state index contributed by atoms with van der Waals surface area (Å²) in [6.07, 6.45) is 3.40. The summed E-state index contributed by atoms with van der Waals surface area (Å²) in [7, 11) is 0. The van der Waals surface area contributed by atoms with E-state index in [9.17, 15) is 0 Å². The van der Waals surface area contributed by atoms with E-state index >= 15 is 0 Å². The lowest BCUT2D eigenvalue weighted by Gasteiger charge is -2.00. The van der Waals surface area contributed by atoms with Crippen molar-refractivity contribution in [3.63, 3.8) is 0 Å². The highest BCUT2D eigenvalue weighted by Gasteiger charge is 2.10. The molecule has 3 rings (SSSR count). The zero-order valence-corrected chi connectivity index (χ0v) is 10.3. The van der Waals surface area contributed by atoms with E-state index in [1.807, 2.05) is 48.5 Å². The van der Waals surface area contributed by atoms with Crippen LogP contribution in [0.5, 0.6) is 0 Å². The van der Waals surface area contributed by atoms with Gasteiger partial charge in [-0.25, -0.2) is 9.97 Å². The summed E-state index contributed by atoms with van der Waals surface area (Å²) < 4.78 is 1.69. The van der Waals surface area contributed by atoms with E-state index in [-0.39, 0.29) is 0 Å². The van der Waals surface area contributed by atoms with Crippen LogP contribution in [0.2, 0.25) is 0 Å². The van der Waals surface area contributed by atoms with Gasteiger partial charge in [0.1, 0.15) is 0 Å². The molecular weight excluding hydrogens is 236 g/mol. The summed E-state index contributed by atoms with van der Waals surface area (Å²) in [5, 5.41) is 4.49. The third-order valence-electron chi connectivity index (χ3n) is 2.71. The number of pyridine rings is 1. The standard InChI is InChI=1S/C15H12N4/c1-2-13-17-15(12-8-4-3-5-9-12)18-19(13)14-10-6-7-11-16-14/h2-11H,1H2. The molecule has 2 heterocycles. The molecule has 0 atom stereocenters. The fourth-order valence-electron chi connectivity index (χ4n) is 1.81. The summed E-state index contributed by atoms with van der Waals surface area (Å²) in [4.78, 5) is 8.75. The van der Waals surface area contributed by atoms with Crippen molar-refractivity contribution in [3.8, 4) is 17.2 Å². The molecule has 0 N–H and O–H groups in total. The fraction of sp³-hybridized carbons (Fsp3) is 0. The molecule has 0 unspecified atom stereocenters. The number of aromatic nitrogens is 4. The molecule has 19 heavy (non-hydrogen) atoms. The average molecular weight is 248 g/mol. The molecule has 0 saturated carbocycles. The van der Waals surface area contributed by atoms with E-state index in [1.165, 1.54) is 0 Å². The van der Waals surface area contributed by atoms with Crippen LogP contribution in [-0.4, -0.2) is 19.7 Å². The second kappa shape index (κ2) is 4.86. The molecule has 92 valence electrons. The van der Waals surface area contributed by atoms with Crippen LogP contribution in [0.4, 0.5) is 0 Å². The highest BCUT2D eigenvalue weighted by molar-refractivity contribution is 5.56. The number of hydrogen-bond acceptors (Lipinski definition) is 3. The van der Waals surface area contributed by atoms with Gasteiger partial charge < -0.3 is 0 Å². The Hall–Kier alpha value is -2.75. The molecule has 0 bridgehead atoms. The highest BCUT2D eigenvalue weighted by Crippen LogP contribution is 2.17. The average Bonchev–Trinajstić information content (AvgIpc) is 2.93. The summed E-state index contributed by atoms with van der Waals surface area (Å²) in [5.41, 5.74) is 0.972. The third kappa shape index (κ3) is 2.15. The lowest BCUT2D eigenvalue weighted by atomic mass is 10.2. The zero-order valence-electron chi connectivity index (χ0n) is 10.3. The van der Waals surface area contributed by atoms with E-state index in [0.717, 1.165) is 11.4 Å².